The van der Waals surface area contributed by atoms with E-state index in [0.717, 1.165) is 11.1 Å². The number of fused-ring (bicyclic) bond motifs is 1. The third-order valence-corrected chi connectivity index (χ3v) is 4.27. The Balaban J connectivity index is 1.85. The maximum absolute atomic E-state index is 12.6. The predicted molar refractivity (Wildman–Crippen MR) is 89.2 cm³/mol. The molecule has 1 aromatic heterocycles. The number of rotatable bonds is 3. The lowest BCUT2D eigenvalue weighted by Gasteiger charge is -2.21. The van der Waals surface area contributed by atoms with Crippen molar-refractivity contribution < 1.29 is 9.59 Å². The second-order valence-corrected chi connectivity index (χ2v) is 6.27. The molecule has 5 nitrogen and oxygen atoms in total. The van der Waals surface area contributed by atoms with E-state index in [0.29, 0.717) is 24.0 Å². The van der Waals surface area contributed by atoms with E-state index in [2.05, 4.69) is 10.3 Å². The summed E-state index contributed by atoms with van der Waals surface area (Å²) < 4.78 is 0. The number of para-hydroxylation sites is 1. The van der Waals surface area contributed by atoms with Crippen LogP contribution in [0.25, 0.3) is 10.9 Å². The molecule has 1 N–H and O–H groups in total. The van der Waals surface area contributed by atoms with Crippen LogP contribution in [0.2, 0.25) is 0 Å². The monoisotopic (exact) mass is 311 g/mol. The topological polar surface area (TPSA) is 62.3 Å². The molecule has 0 saturated carbocycles. The van der Waals surface area contributed by atoms with E-state index >= 15 is 0 Å². The van der Waals surface area contributed by atoms with Crippen LogP contribution in [0, 0.1) is 6.92 Å². The molecule has 23 heavy (non-hydrogen) atoms. The average molecular weight is 311 g/mol. The number of benzene rings is 1. The quantitative estimate of drug-likeness (QED) is 0.946. The van der Waals surface area contributed by atoms with Gasteiger partial charge in [0.2, 0.25) is 5.91 Å². The molecule has 1 fully saturated rings. The zero-order chi connectivity index (χ0) is 16.6. The van der Waals surface area contributed by atoms with Gasteiger partial charge in [0.25, 0.3) is 5.91 Å². The van der Waals surface area contributed by atoms with Crippen LogP contribution < -0.4 is 5.32 Å². The van der Waals surface area contributed by atoms with Crippen molar-refractivity contribution in [2.24, 2.45) is 0 Å². The number of hydrogen-bond donors (Lipinski definition) is 1. The highest BCUT2D eigenvalue weighted by Crippen LogP contribution is 2.19. The average Bonchev–Trinajstić information content (AvgIpc) is 2.87. The van der Waals surface area contributed by atoms with Gasteiger partial charge in [-0.2, -0.15) is 0 Å². The largest absolute Gasteiger partial charge is 0.340 e. The number of amides is 2. The summed E-state index contributed by atoms with van der Waals surface area (Å²) >= 11 is 0. The van der Waals surface area contributed by atoms with Gasteiger partial charge in [0.15, 0.2) is 0 Å². The molecule has 2 amide bonds. The number of hydrogen-bond acceptors (Lipinski definition) is 3. The maximum atomic E-state index is 12.6. The molecule has 0 bridgehead atoms. The van der Waals surface area contributed by atoms with E-state index in [1.807, 2.05) is 45.0 Å². The number of likely N-dealkylation sites (tertiary alicyclic amines) is 1. The van der Waals surface area contributed by atoms with Crippen LogP contribution in [-0.2, 0) is 4.79 Å². The Morgan fingerprint density at radius 3 is 2.78 bits per heavy atom. The van der Waals surface area contributed by atoms with Gasteiger partial charge in [-0.25, -0.2) is 0 Å². The number of carbonyl (C=O) groups excluding carboxylic acids is 2. The Kier molecular flexibility index (Phi) is 4.03. The highest BCUT2D eigenvalue weighted by Gasteiger charge is 2.34. The van der Waals surface area contributed by atoms with Crippen LogP contribution >= 0.6 is 0 Å². The number of aromatic nitrogens is 1. The molecular weight excluding hydrogens is 290 g/mol. The summed E-state index contributed by atoms with van der Waals surface area (Å²) in [5.74, 6) is -0.240. The molecule has 1 aromatic carbocycles. The zero-order valence-corrected chi connectivity index (χ0v) is 13.7. The molecule has 0 spiro atoms. The standard InChI is InChI=1S/C18H21N3O2/c1-11(2)21-10-9-15(18(21)23)20-17(22)14-6-4-5-13-8-7-12(3)19-16(13)14/h4-8,11,15H,9-10H2,1-3H3,(H,20,22). The van der Waals surface area contributed by atoms with Gasteiger partial charge in [0, 0.05) is 23.7 Å². The molecule has 0 aliphatic carbocycles. The molecule has 2 heterocycles. The number of nitrogens with zero attached hydrogens (tertiary/aromatic N) is 2. The van der Waals surface area contributed by atoms with Gasteiger partial charge in [-0.05, 0) is 39.3 Å². The summed E-state index contributed by atoms with van der Waals surface area (Å²) in [7, 11) is 0. The van der Waals surface area contributed by atoms with Crippen molar-refractivity contribution in [1.82, 2.24) is 15.2 Å². The van der Waals surface area contributed by atoms with Gasteiger partial charge in [-0.15, -0.1) is 0 Å². The highest BCUT2D eigenvalue weighted by molar-refractivity contribution is 6.07. The first kappa shape index (κ1) is 15.5. The fourth-order valence-corrected chi connectivity index (χ4v) is 3.01. The third-order valence-electron chi connectivity index (χ3n) is 4.27. The Morgan fingerprint density at radius 2 is 2.09 bits per heavy atom. The Morgan fingerprint density at radius 1 is 1.30 bits per heavy atom. The highest BCUT2D eigenvalue weighted by atomic mass is 16.2. The van der Waals surface area contributed by atoms with E-state index in [4.69, 9.17) is 0 Å². The first-order valence-electron chi connectivity index (χ1n) is 7.95. The SMILES string of the molecule is Cc1ccc2cccc(C(=O)NC3CCN(C(C)C)C3=O)c2n1. The molecule has 1 aliphatic rings. The molecule has 2 aromatic rings. The van der Waals surface area contributed by atoms with E-state index in [1.165, 1.54) is 0 Å². The number of aryl methyl sites for hydroxylation is 1. The molecule has 1 atom stereocenters. The molecule has 1 saturated heterocycles. The summed E-state index contributed by atoms with van der Waals surface area (Å²) in [5.41, 5.74) is 2.05. The summed E-state index contributed by atoms with van der Waals surface area (Å²) in [6.45, 7) is 6.56. The van der Waals surface area contributed by atoms with Crippen molar-refractivity contribution in [3.8, 4) is 0 Å². The predicted octanol–water partition coefficient (Wildman–Crippen LogP) is 2.28. The van der Waals surface area contributed by atoms with Gasteiger partial charge in [0.1, 0.15) is 6.04 Å². The van der Waals surface area contributed by atoms with Crippen molar-refractivity contribution in [2.45, 2.75) is 39.3 Å². The smallest absolute Gasteiger partial charge is 0.254 e. The second kappa shape index (κ2) is 5.99. The fraction of sp³-hybridized carbons (Fsp3) is 0.389. The first-order chi connectivity index (χ1) is 11.0. The van der Waals surface area contributed by atoms with Gasteiger partial charge in [-0.1, -0.05) is 18.2 Å². The maximum Gasteiger partial charge on any atom is 0.254 e. The van der Waals surface area contributed by atoms with E-state index in [9.17, 15) is 9.59 Å². The van der Waals surface area contributed by atoms with Crippen molar-refractivity contribution in [2.75, 3.05) is 6.54 Å². The minimum absolute atomic E-state index is 0.00211. The Hall–Kier alpha value is -2.43. The number of nitrogens with one attached hydrogen (secondary N) is 1. The van der Waals surface area contributed by atoms with Crippen LogP contribution in [0.1, 0.15) is 36.3 Å². The van der Waals surface area contributed by atoms with Crippen LogP contribution in [0.4, 0.5) is 0 Å². The van der Waals surface area contributed by atoms with E-state index in [1.54, 1.807) is 11.0 Å². The first-order valence-corrected chi connectivity index (χ1v) is 7.95. The lowest BCUT2D eigenvalue weighted by molar-refractivity contribution is -0.130. The fourth-order valence-electron chi connectivity index (χ4n) is 3.01. The zero-order valence-electron chi connectivity index (χ0n) is 13.7. The normalized spacial score (nSPS) is 18.0. The van der Waals surface area contributed by atoms with Crippen molar-refractivity contribution >= 4 is 22.7 Å². The molecule has 1 unspecified atom stereocenters. The van der Waals surface area contributed by atoms with Gasteiger partial charge in [0.05, 0.1) is 11.1 Å². The van der Waals surface area contributed by atoms with Gasteiger partial charge >= 0.3 is 0 Å². The van der Waals surface area contributed by atoms with E-state index in [-0.39, 0.29) is 17.9 Å². The molecule has 0 radical (unpaired) electrons. The van der Waals surface area contributed by atoms with Gasteiger partial charge < -0.3 is 10.2 Å². The van der Waals surface area contributed by atoms with Crippen LogP contribution in [-0.4, -0.2) is 40.3 Å². The number of carbonyl (C=O) groups is 2. The second-order valence-electron chi connectivity index (χ2n) is 6.27. The van der Waals surface area contributed by atoms with E-state index < -0.39 is 6.04 Å². The molecule has 120 valence electrons. The molecule has 5 heteroatoms. The Bertz CT molecular complexity index is 770. The molecular formula is C18H21N3O2. The van der Waals surface area contributed by atoms with Gasteiger partial charge in [-0.3, -0.25) is 14.6 Å². The summed E-state index contributed by atoms with van der Waals surface area (Å²) in [6.07, 6.45) is 0.653. The lowest BCUT2D eigenvalue weighted by atomic mass is 10.1. The summed E-state index contributed by atoms with van der Waals surface area (Å²) in [5, 5.41) is 3.79. The lowest BCUT2D eigenvalue weighted by Crippen LogP contribution is -2.43. The third kappa shape index (κ3) is 2.91. The van der Waals surface area contributed by atoms with Crippen LogP contribution in [0.5, 0.6) is 0 Å². The molecule has 1 aliphatic heterocycles. The summed E-state index contributed by atoms with van der Waals surface area (Å²) in [6, 6.07) is 9.12. The number of pyridine rings is 1. The molecule has 3 rings (SSSR count). The van der Waals surface area contributed by atoms with Crippen molar-refractivity contribution in [1.29, 1.82) is 0 Å². The van der Waals surface area contributed by atoms with Crippen LogP contribution in [0.3, 0.4) is 0 Å². The minimum atomic E-state index is -0.440. The van der Waals surface area contributed by atoms with Crippen LogP contribution in [0.15, 0.2) is 30.3 Å². The van der Waals surface area contributed by atoms with Crippen molar-refractivity contribution in [3.05, 3.63) is 41.6 Å². The Labute approximate surface area is 135 Å². The minimum Gasteiger partial charge on any atom is -0.340 e. The summed E-state index contributed by atoms with van der Waals surface area (Å²) in [4.78, 5) is 31.2. The van der Waals surface area contributed by atoms with Crippen molar-refractivity contribution in [3.63, 3.8) is 0 Å².